The van der Waals surface area contributed by atoms with Gasteiger partial charge in [-0.1, -0.05) is 26.2 Å². The van der Waals surface area contributed by atoms with Crippen molar-refractivity contribution in [2.24, 2.45) is 0 Å². The number of rotatable bonds is 6. The van der Waals surface area contributed by atoms with Crippen molar-refractivity contribution in [1.82, 2.24) is 0 Å². The number of carbonyl (C=O) groups is 2. The third kappa shape index (κ3) is 8.12. The molecule has 0 radical (unpaired) electrons. The molecule has 0 rings (SSSR count). The van der Waals surface area contributed by atoms with Crippen LogP contribution >= 0.6 is 0 Å². The summed E-state index contributed by atoms with van der Waals surface area (Å²) in [5.74, 6) is -1.97. The van der Waals surface area contributed by atoms with Crippen LogP contribution in [0.25, 0.3) is 0 Å². The first kappa shape index (κ1) is 14.5. The maximum Gasteiger partial charge on any atom is 0.372 e. The van der Waals surface area contributed by atoms with Crippen LogP contribution in [0.3, 0.4) is 0 Å². The molecular weight excluding hydrogens is 235 g/mol. The molecule has 1 N–H and O–H groups in total. The first-order chi connectivity index (χ1) is 5.18. The van der Waals surface area contributed by atoms with Gasteiger partial charge in [-0.05, 0) is 6.42 Å². The van der Waals surface area contributed by atoms with Crippen molar-refractivity contribution in [3.63, 3.8) is 0 Å². The number of hydrogen-bond donors (Lipinski definition) is 1. The second kappa shape index (κ2) is 9.11. The van der Waals surface area contributed by atoms with Gasteiger partial charge in [0.1, 0.15) is 0 Å². The molecule has 0 heterocycles. The Morgan fingerprint density at radius 2 is 1.75 bits per heavy atom. The summed E-state index contributed by atoms with van der Waals surface area (Å²) in [5.41, 5.74) is 0. The van der Waals surface area contributed by atoms with Crippen LogP contribution < -0.4 is 0 Å². The third-order valence-electron chi connectivity index (χ3n) is 1.50. The van der Waals surface area contributed by atoms with E-state index in [-0.39, 0.29) is 32.6 Å². The number of carbonyl (C=O) groups excluding carboxylic acids is 1. The van der Waals surface area contributed by atoms with E-state index in [4.69, 9.17) is 5.11 Å². The van der Waals surface area contributed by atoms with Gasteiger partial charge < -0.3 is 5.11 Å². The Morgan fingerprint density at radius 1 is 1.17 bits per heavy atom. The first-order valence-electron chi connectivity index (χ1n) is 3.94. The van der Waals surface area contributed by atoms with Gasteiger partial charge in [0.2, 0.25) is 5.78 Å². The van der Waals surface area contributed by atoms with Crippen LogP contribution in [-0.4, -0.2) is 16.9 Å². The van der Waals surface area contributed by atoms with Gasteiger partial charge in [0.05, 0.1) is 0 Å². The fourth-order valence-corrected chi connectivity index (χ4v) is 0.819. The average Bonchev–Trinajstić information content (AvgIpc) is 1.97. The maximum atomic E-state index is 10.5. The molecule has 0 spiro atoms. The van der Waals surface area contributed by atoms with Gasteiger partial charge in [-0.15, -0.1) is 0 Å². The van der Waals surface area contributed by atoms with Crippen LogP contribution in [0.5, 0.6) is 0 Å². The van der Waals surface area contributed by atoms with Crippen LogP contribution in [0.4, 0.5) is 0 Å². The molecule has 12 heavy (non-hydrogen) atoms. The number of carboxylic acid groups (broad SMARTS) is 1. The minimum atomic E-state index is -1.30. The Morgan fingerprint density at radius 3 is 2.17 bits per heavy atom. The zero-order valence-electron chi connectivity index (χ0n) is 7.30. The molecule has 4 heteroatoms. The topological polar surface area (TPSA) is 54.4 Å². The van der Waals surface area contributed by atoms with Gasteiger partial charge >= 0.3 is 5.97 Å². The quantitative estimate of drug-likeness (QED) is 0.575. The molecule has 0 aromatic carbocycles. The van der Waals surface area contributed by atoms with Gasteiger partial charge in [-0.25, -0.2) is 4.79 Å². The van der Waals surface area contributed by atoms with Crippen LogP contribution in [0.2, 0.25) is 0 Å². The molecule has 0 unspecified atom stereocenters. The summed E-state index contributed by atoms with van der Waals surface area (Å²) in [6.07, 6.45) is 4.03. The molecule has 0 bridgehead atoms. The van der Waals surface area contributed by atoms with Gasteiger partial charge in [0.15, 0.2) is 0 Å². The van der Waals surface area contributed by atoms with Crippen molar-refractivity contribution in [1.29, 1.82) is 0 Å². The Labute approximate surface area is 91.7 Å². The molecule has 68 valence electrons. The van der Waals surface area contributed by atoms with Crippen molar-refractivity contribution in [2.45, 2.75) is 39.0 Å². The van der Waals surface area contributed by atoms with Crippen molar-refractivity contribution < 1.29 is 40.9 Å². The smallest absolute Gasteiger partial charge is 0.372 e. The van der Waals surface area contributed by atoms with E-state index in [1.54, 1.807) is 0 Å². The Hall–Kier alpha value is 0.0231. The number of Topliss-reactive ketones (excluding diaryl/α,β-unsaturated/α-hetero) is 1. The first-order valence-corrected chi connectivity index (χ1v) is 3.94. The molecule has 0 fully saturated rings. The van der Waals surface area contributed by atoms with Crippen molar-refractivity contribution >= 4 is 11.8 Å². The largest absolute Gasteiger partial charge is 0.476 e. The SMILES string of the molecule is CCCCCCC(=O)C(=O)O.[Zr]. The van der Waals surface area contributed by atoms with Crippen LogP contribution in [-0.2, 0) is 35.8 Å². The number of carboxylic acids is 1. The maximum absolute atomic E-state index is 10.5. The number of unbranched alkanes of at least 4 members (excludes halogenated alkanes) is 3. The Balaban J connectivity index is 0. The Bertz CT molecular complexity index is 145. The van der Waals surface area contributed by atoms with Crippen LogP contribution in [0, 0.1) is 0 Å². The van der Waals surface area contributed by atoms with Gasteiger partial charge in [0, 0.05) is 32.6 Å². The average molecular weight is 249 g/mol. The summed E-state index contributed by atoms with van der Waals surface area (Å²) in [7, 11) is 0. The van der Waals surface area contributed by atoms with E-state index in [9.17, 15) is 9.59 Å². The molecule has 0 aliphatic heterocycles. The van der Waals surface area contributed by atoms with Gasteiger partial charge in [-0.3, -0.25) is 4.79 Å². The minimum absolute atomic E-state index is 0. The van der Waals surface area contributed by atoms with E-state index in [1.807, 2.05) is 0 Å². The van der Waals surface area contributed by atoms with Crippen molar-refractivity contribution in [3.05, 3.63) is 0 Å². The predicted octanol–water partition coefficient (Wildman–Crippen LogP) is 1.61. The van der Waals surface area contributed by atoms with E-state index < -0.39 is 11.8 Å². The molecule has 0 aliphatic carbocycles. The van der Waals surface area contributed by atoms with Crippen molar-refractivity contribution in [3.8, 4) is 0 Å². The number of aliphatic carboxylic acids is 1. The molecule has 0 atom stereocenters. The summed E-state index contributed by atoms with van der Waals surface area (Å²) in [6.45, 7) is 2.07. The molecule has 0 saturated heterocycles. The number of ketones is 1. The van der Waals surface area contributed by atoms with Gasteiger partial charge in [0.25, 0.3) is 0 Å². The zero-order valence-corrected chi connectivity index (χ0v) is 9.76. The predicted molar refractivity (Wildman–Crippen MR) is 41.4 cm³/mol. The monoisotopic (exact) mass is 248 g/mol. The second-order valence-electron chi connectivity index (χ2n) is 2.54. The van der Waals surface area contributed by atoms with E-state index in [0.717, 1.165) is 19.3 Å². The molecule has 0 aromatic rings. The molecule has 0 aliphatic rings. The van der Waals surface area contributed by atoms with Gasteiger partial charge in [-0.2, -0.15) is 0 Å². The third-order valence-corrected chi connectivity index (χ3v) is 1.50. The van der Waals surface area contributed by atoms with Crippen molar-refractivity contribution in [2.75, 3.05) is 0 Å². The summed E-state index contributed by atoms with van der Waals surface area (Å²) in [4.78, 5) is 20.5. The standard InChI is InChI=1S/C8H14O3.Zr/c1-2-3-4-5-6-7(9)8(10)11;/h2-6H2,1H3,(H,10,11);. The van der Waals surface area contributed by atoms with Crippen LogP contribution in [0.15, 0.2) is 0 Å². The molecule has 0 amide bonds. The number of hydrogen-bond acceptors (Lipinski definition) is 2. The molecule has 0 aromatic heterocycles. The normalized spacial score (nSPS) is 8.75. The zero-order chi connectivity index (χ0) is 8.69. The Kier molecular flexibility index (Phi) is 11.0. The fraction of sp³-hybridized carbons (Fsp3) is 0.750. The molecule has 3 nitrogen and oxygen atoms in total. The van der Waals surface area contributed by atoms with E-state index in [0.29, 0.717) is 6.42 Å². The van der Waals surface area contributed by atoms with E-state index >= 15 is 0 Å². The summed E-state index contributed by atoms with van der Waals surface area (Å²) in [5, 5.41) is 8.19. The molecule has 0 saturated carbocycles. The van der Waals surface area contributed by atoms with E-state index in [2.05, 4.69) is 6.92 Å². The second-order valence-corrected chi connectivity index (χ2v) is 2.54. The summed E-state index contributed by atoms with van der Waals surface area (Å²) >= 11 is 0. The summed E-state index contributed by atoms with van der Waals surface area (Å²) in [6, 6.07) is 0. The van der Waals surface area contributed by atoms with Crippen LogP contribution in [0.1, 0.15) is 39.0 Å². The summed E-state index contributed by atoms with van der Waals surface area (Å²) < 4.78 is 0. The fourth-order valence-electron chi connectivity index (χ4n) is 0.819. The molecular formula is C8H14O3Zr. The minimum Gasteiger partial charge on any atom is -0.476 e. The van der Waals surface area contributed by atoms with E-state index in [1.165, 1.54) is 0 Å².